The van der Waals surface area contributed by atoms with Crippen LogP contribution in [-0.2, 0) is 13.0 Å². The Morgan fingerprint density at radius 1 is 1.08 bits per heavy atom. The lowest BCUT2D eigenvalue weighted by Gasteiger charge is -2.14. The van der Waals surface area contributed by atoms with E-state index in [1.165, 1.54) is 0 Å². The van der Waals surface area contributed by atoms with Crippen LogP contribution in [-0.4, -0.2) is 21.8 Å². The quantitative estimate of drug-likeness (QED) is 0.710. The number of alkyl halides is 3. The van der Waals surface area contributed by atoms with Gasteiger partial charge in [-0.05, 0) is 47.2 Å². The fraction of sp³-hybridized carbons (Fsp3) is 0.350. The van der Waals surface area contributed by atoms with E-state index >= 15 is 0 Å². The highest BCUT2D eigenvalue weighted by Crippen LogP contribution is 2.30. The maximum Gasteiger partial charge on any atom is 0.403 e. The van der Waals surface area contributed by atoms with Crippen LogP contribution in [0.5, 0.6) is 0 Å². The summed E-state index contributed by atoms with van der Waals surface area (Å²) in [6.45, 7) is 4.90. The van der Waals surface area contributed by atoms with Gasteiger partial charge in [-0.1, -0.05) is 26.0 Å². The smallest absolute Gasteiger partial charge is 0.347 e. The van der Waals surface area contributed by atoms with Crippen molar-refractivity contribution in [2.45, 2.75) is 39.0 Å². The summed E-state index contributed by atoms with van der Waals surface area (Å²) in [5, 5.41) is 0.822. The first-order valence-corrected chi connectivity index (χ1v) is 8.60. The van der Waals surface area contributed by atoms with Gasteiger partial charge in [-0.15, -0.1) is 0 Å². The fourth-order valence-electron chi connectivity index (χ4n) is 3.15. The lowest BCUT2D eigenvalue weighted by molar-refractivity contribution is -0.147. The molecule has 2 N–H and O–H groups in total. The molecule has 1 unspecified atom stereocenters. The molecule has 3 nitrogen and oxygen atoms in total. The van der Waals surface area contributed by atoms with E-state index in [1.807, 2.05) is 41.1 Å². The van der Waals surface area contributed by atoms with Gasteiger partial charge in [-0.2, -0.15) is 13.2 Å². The van der Waals surface area contributed by atoms with E-state index in [0.29, 0.717) is 11.5 Å². The third kappa shape index (κ3) is 3.90. The zero-order chi connectivity index (χ0) is 18.9. The van der Waals surface area contributed by atoms with Gasteiger partial charge >= 0.3 is 6.18 Å². The molecular weight excluding hydrogens is 339 g/mol. The fourth-order valence-corrected chi connectivity index (χ4v) is 3.15. The topological polar surface area (TPSA) is 43.8 Å². The van der Waals surface area contributed by atoms with Crippen molar-refractivity contribution in [3.8, 4) is 11.1 Å². The Bertz CT molecular complexity index is 882. The minimum Gasteiger partial charge on any atom is -0.347 e. The zero-order valence-electron chi connectivity index (χ0n) is 14.8. The standard InChI is InChI=1S/C20H22F3N3/c1-13(2)11-26-12-16(10-19(24)20(21,22)23)17-4-3-15(9-18(17)26)14-5-7-25-8-6-14/h3-9,12-13,19H,10-11,24H2,1-2H3. The first-order valence-electron chi connectivity index (χ1n) is 8.60. The third-order valence-corrected chi connectivity index (χ3v) is 4.40. The minimum atomic E-state index is -4.40. The predicted octanol–water partition coefficient (Wildman–Crippen LogP) is 4.79. The van der Waals surface area contributed by atoms with E-state index in [0.717, 1.165) is 28.6 Å². The Labute approximate surface area is 150 Å². The molecule has 0 radical (unpaired) electrons. The number of nitrogens with two attached hydrogens (primary N) is 1. The Kier molecular flexibility index (Phi) is 5.05. The number of aromatic nitrogens is 2. The first kappa shape index (κ1) is 18.5. The molecule has 26 heavy (non-hydrogen) atoms. The average Bonchev–Trinajstić information content (AvgIpc) is 2.91. The molecule has 3 rings (SSSR count). The van der Waals surface area contributed by atoms with Crippen LogP contribution in [0.25, 0.3) is 22.0 Å². The number of fused-ring (bicyclic) bond motifs is 1. The normalized spacial score (nSPS) is 13.5. The van der Waals surface area contributed by atoms with Crippen molar-refractivity contribution < 1.29 is 13.2 Å². The summed E-state index contributed by atoms with van der Waals surface area (Å²) >= 11 is 0. The van der Waals surface area contributed by atoms with E-state index in [1.54, 1.807) is 12.4 Å². The molecule has 0 saturated heterocycles. The molecule has 0 aliphatic carbocycles. The highest BCUT2D eigenvalue weighted by Gasteiger charge is 2.37. The molecular formula is C20H22F3N3. The second-order valence-corrected chi connectivity index (χ2v) is 7.02. The largest absolute Gasteiger partial charge is 0.403 e. The van der Waals surface area contributed by atoms with Crippen LogP contribution in [0.3, 0.4) is 0 Å². The lowest BCUT2D eigenvalue weighted by Crippen LogP contribution is -2.39. The van der Waals surface area contributed by atoms with E-state index in [4.69, 9.17) is 5.73 Å². The molecule has 1 atom stereocenters. The molecule has 3 aromatic rings. The highest BCUT2D eigenvalue weighted by atomic mass is 19.4. The summed E-state index contributed by atoms with van der Waals surface area (Å²) in [5.41, 5.74) is 8.95. The summed E-state index contributed by atoms with van der Waals surface area (Å²) in [6.07, 6.45) is 0.636. The van der Waals surface area contributed by atoms with Gasteiger partial charge < -0.3 is 10.3 Å². The van der Waals surface area contributed by atoms with Crippen LogP contribution >= 0.6 is 0 Å². The molecule has 0 amide bonds. The molecule has 138 valence electrons. The van der Waals surface area contributed by atoms with Crippen molar-refractivity contribution in [3.63, 3.8) is 0 Å². The van der Waals surface area contributed by atoms with Crippen molar-refractivity contribution in [1.29, 1.82) is 0 Å². The van der Waals surface area contributed by atoms with Crippen molar-refractivity contribution in [2.75, 3.05) is 0 Å². The van der Waals surface area contributed by atoms with Crippen LogP contribution < -0.4 is 5.73 Å². The molecule has 6 heteroatoms. The summed E-state index contributed by atoms with van der Waals surface area (Å²) in [5.74, 6) is 0.374. The summed E-state index contributed by atoms with van der Waals surface area (Å²) in [7, 11) is 0. The Balaban J connectivity index is 2.07. The van der Waals surface area contributed by atoms with Crippen LogP contribution in [0, 0.1) is 5.92 Å². The highest BCUT2D eigenvalue weighted by molar-refractivity contribution is 5.88. The molecule has 0 spiro atoms. The average molecular weight is 361 g/mol. The molecule has 0 bridgehead atoms. The van der Waals surface area contributed by atoms with Crippen LogP contribution in [0.2, 0.25) is 0 Å². The maximum atomic E-state index is 12.9. The molecule has 2 aromatic heterocycles. The first-order chi connectivity index (χ1) is 12.3. The summed E-state index contributed by atoms with van der Waals surface area (Å²) in [6, 6.07) is 7.81. The molecule has 1 aromatic carbocycles. The van der Waals surface area contributed by atoms with Gasteiger partial charge in [0.05, 0.1) is 0 Å². The molecule has 0 saturated carbocycles. The van der Waals surface area contributed by atoms with Gasteiger partial charge in [-0.3, -0.25) is 4.98 Å². The Hall–Kier alpha value is -2.34. The number of rotatable bonds is 5. The molecule has 2 heterocycles. The van der Waals surface area contributed by atoms with Crippen LogP contribution in [0.4, 0.5) is 13.2 Å². The van der Waals surface area contributed by atoms with Crippen LogP contribution in [0.1, 0.15) is 19.4 Å². The maximum absolute atomic E-state index is 12.9. The zero-order valence-corrected chi connectivity index (χ0v) is 14.8. The van der Waals surface area contributed by atoms with Gasteiger partial charge in [-0.25, -0.2) is 0 Å². The van der Waals surface area contributed by atoms with E-state index in [-0.39, 0.29) is 6.42 Å². The van der Waals surface area contributed by atoms with Gasteiger partial charge in [0.1, 0.15) is 6.04 Å². The molecule has 0 aliphatic rings. The number of pyridine rings is 1. The van der Waals surface area contributed by atoms with Crippen molar-refractivity contribution in [3.05, 3.63) is 54.5 Å². The third-order valence-electron chi connectivity index (χ3n) is 4.40. The SMILES string of the molecule is CC(C)Cn1cc(CC(N)C(F)(F)F)c2ccc(-c3ccncc3)cc21. The molecule has 0 fully saturated rings. The summed E-state index contributed by atoms with van der Waals surface area (Å²) < 4.78 is 40.7. The van der Waals surface area contributed by atoms with Gasteiger partial charge in [0.2, 0.25) is 0 Å². The second-order valence-electron chi connectivity index (χ2n) is 7.02. The Morgan fingerprint density at radius 2 is 1.77 bits per heavy atom. The predicted molar refractivity (Wildman–Crippen MR) is 97.7 cm³/mol. The summed E-state index contributed by atoms with van der Waals surface area (Å²) in [4.78, 5) is 4.02. The van der Waals surface area contributed by atoms with Crippen molar-refractivity contribution in [2.24, 2.45) is 11.7 Å². The Morgan fingerprint density at radius 3 is 2.38 bits per heavy atom. The monoisotopic (exact) mass is 361 g/mol. The number of hydrogen-bond acceptors (Lipinski definition) is 2. The second kappa shape index (κ2) is 7.11. The number of hydrogen-bond donors (Lipinski definition) is 1. The van der Waals surface area contributed by atoms with Crippen molar-refractivity contribution in [1.82, 2.24) is 9.55 Å². The van der Waals surface area contributed by atoms with Gasteiger partial charge in [0.15, 0.2) is 0 Å². The number of nitrogens with zero attached hydrogens (tertiary/aromatic N) is 2. The molecule has 0 aliphatic heterocycles. The van der Waals surface area contributed by atoms with Gasteiger partial charge in [0.25, 0.3) is 0 Å². The van der Waals surface area contributed by atoms with Crippen molar-refractivity contribution >= 4 is 10.9 Å². The number of benzene rings is 1. The van der Waals surface area contributed by atoms with E-state index < -0.39 is 12.2 Å². The van der Waals surface area contributed by atoms with E-state index in [9.17, 15) is 13.2 Å². The van der Waals surface area contributed by atoms with Crippen LogP contribution in [0.15, 0.2) is 48.9 Å². The van der Waals surface area contributed by atoms with Gasteiger partial charge in [0, 0.05) is 36.0 Å². The van der Waals surface area contributed by atoms with E-state index in [2.05, 4.69) is 18.8 Å². The lowest BCUT2D eigenvalue weighted by atomic mass is 10.0. The minimum absolute atomic E-state index is 0.223. The number of halogens is 3.